The Morgan fingerprint density at radius 1 is 0.961 bits per heavy atom. The van der Waals surface area contributed by atoms with Crippen molar-refractivity contribution in [2.75, 3.05) is 6.54 Å². The molecule has 17 heteroatoms. The molecule has 0 saturated carbocycles. The lowest BCUT2D eigenvalue weighted by atomic mass is 9.69. The molecule has 1 spiro atoms. The Labute approximate surface area is 457 Å². The van der Waals surface area contributed by atoms with Gasteiger partial charge in [-0.3, -0.25) is 29.0 Å². The molecule has 16 unspecified atom stereocenters. The van der Waals surface area contributed by atoms with Gasteiger partial charge in [-0.05, 0) is 106 Å². The van der Waals surface area contributed by atoms with Gasteiger partial charge in [-0.2, -0.15) is 0 Å². The summed E-state index contributed by atoms with van der Waals surface area (Å²) in [5, 5.41) is 54.7. The van der Waals surface area contributed by atoms with Gasteiger partial charge in [-0.1, -0.05) is 110 Å². The number of rotatable bonds is 15. The molecule has 3 fully saturated rings. The Hall–Kier alpha value is -5.20. The first-order chi connectivity index (χ1) is 36.5. The number of nitrogens with one attached hydrogen (secondary N) is 4. The number of esters is 1. The van der Waals surface area contributed by atoms with Crippen LogP contribution in [-0.2, 0) is 44.7 Å². The number of hydrazine groups is 1. The number of fused-ring (bicyclic) bond motifs is 2. The number of Topliss-reactive ketones (excluding diaryl/α,β-unsaturated/α-hetero) is 1. The summed E-state index contributed by atoms with van der Waals surface area (Å²) in [7, 11) is 0. The fourth-order valence-corrected chi connectivity index (χ4v) is 11.3. The van der Waals surface area contributed by atoms with Crippen molar-refractivity contribution >= 4 is 35.4 Å². The number of hydrogen-bond acceptors (Lipinski definition) is 13. The van der Waals surface area contributed by atoms with Crippen LogP contribution in [0.3, 0.4) is 0 Å². The third-order valence-electron chi connectivity index (χ3n) is 16.7. The van der Waals surface area contributed by atoms with Gasteiger partial charge >= 0.3 is 5.97 Å². The molecule has 5 rings (SSSR count). The number of cyclic esters (lactones) is 1. The standard InChI is InChI=1S/C60H91N5O12/c1-11-44-31-39(7)60(63-56(44)72)42(10)54(70)41(9)52(77-60)34-50(69)36(4)20-14-12-15-21-37(5)51-26-17-13-16-25-49(68)38(6)30-45(28-27-40(8)66)55(71)62-53(35(2)3)57(73)61-48(33-43-22-18-23-46(67)32-43)58(74)65-29-19-24-47(64-65)59(75)76-51/h12-13,15-18,21-23,25,32,35-36,38-39,41-42,44-45,47-54,64,67-70H,11,14,19-20,24,26-31,33-34H2,1-10H3,(H,61,73)(H,62,71)(H,63,72)/b15-12+,17-13+,25-16+,37-21+. The largest absolute Gasteiger partial charge is 0.508 e. The monoisotopic (exact) mass is 1070 g/mol. The summed E-state index contributed by atoms with van der Waals surface area (Å²) in [6.45, 7) is 18.8. The van der Waals surface area contributed by atoms with Crippen molar-refractivity contribution in [3.05, 3.63) is 77.9 Å². The first-order valence-corrected chi connectivity index (χ1v) is 28.3. The Kier molecular flexibility index (Phi) is 23.7. The summed E-state index contributed by atoms with van der Waals surface area (Å²) in [6, 6.07) is 3.20. The van der Waals surface area contributed by atoms with Crippen LogP contribution in [0.1, 0.15) is 145 Å². The van der Waals surface area contributed by atoms with E-state index >= 15 is 0 Å². The molecule has 2 bridgehead atoms. The molecule has 0 aliphatic carbocycles. The van der Waals surface area contributed by atoms with Crippen LogP contribution in [0.4, 0.5) is 0 Å². The van der Waals surface area contributed by atoms with Gasteiger partial charge in [-0.25, -0.2) is 5.43 Å². The van der Waals surface area contributed by atoms with E-state index in [-0.39, 0.29) is 85.7 Å². The summed E-state index contributed by atoms with van der Waals surface area (Å²) >= 11 is 0. The van der Waals surface area contributed by atoms with Crippen molar-refractivity contribution in [2.24, 2.45) is 47.3 Å². The van der Waals surface area contributed by atoms with E-state index in [4.69, 9.17) is 9.47 Å². The third-order valence-corrected chi connectivity index (χ3v) is 16.7. The van der Waals surface area contributed by atoms with Gasteiger partial charge in [-0.15, -0.1) is 0 Å². The van der Waals surface area contributed by atoms with E-state index in [1.165, 1.54) is 24.1 Å². The molecule has 1 aromatic rings. The summed E-state index contributed by atoms with van der Waals surface area (Å²) in [5.74, 6) is -4.68. The zero-order chi connectivity index (χ0) is 56.7. The highest BCUT2D eigenvalue weighted by atomic mass is 16.5. The average Bonchev–Trinajstić information content (AvgIpc) is 3.43. The molecular weight excluding hydrogens is 983 g/mol. The molecule has 4 heterocycles. The number of phenolic OH excluding ortho intramolecular Hbond substituents is 1. The lowest BCUT2D eigenvalue weighted by Gasteiger charge is -2.56. The van der Waals surface area contributed by atoms with Gasteiger partial charge in [0.2, 0.25) is 17.7 Å². The second-order valence-corrected chi connectivity index (χ2v) is 23.1. The number of aliphatic hydroxyl groups excluding tert-OH is 3. The number of ether oxygens (including phenoxy) is 2. The molecule has 0 radical (unpaired) electrons. The van der Waals surface area contributed by atoms with Crippen molar-refractivity contribution in [2.45, 2.75) is 201 Å². The molecule has 16 atom stereocenters. The quantitative estimate of drug-likeness (QED) is 0.0697. The highest BCUT2D eigenvalue weighted by Gasteiger charge is 2.57. The molecule has 17 nitrogen and oxygen atoms in total. The zero-order valence-electron chi connectivity index (χ0n) is 47.3. The van der Waals surface area contributed by atoms with Gasteiger partial charge in [0, 0.05) is 61.8 Å². The highest BCUT2D eigenvalue weighted by molar-refractivity contribution is 5.93. The van der Waals surface area contributed by atoms with Crippen molar-refractivity contribution in [1.29, 1.82) is 0 Å². The van der Waals surface area contributed by atoms with Crippen LogP contribution >= 0.6 is 0 Å². The molecule has 77 heavy (non-hydrogen) atoms. The van der Waals surface area contributed by atoms with Crippen molar-refractivity contribution < 1.29 is 58.7 Å². The molecule has 4 aliphatic rings. The number of allylic oxidation sites excluding steroid dienone is 5. The summed E-state index contributed by atoms with van der Waals surface area (Å²) in [5.41, 5.74) is 3.37. The molecule has 4 amide bonds. The number of aromatic hydroxyl groups is 1. The summed E-state index contributed by atoms with van der Waals surface area (Å²) < 4.78 is 13.0. The predicted molar refractivity (Wildman–Crippen MR) is 294 cm³/mol. The molecule has 3 saturated heterocycles. The van der Waals surface area contributed by atoms with Crippen LogP contribution in [0, 0.1) is 47.3 Å². The molecule has 4 aliphatic heterocycles. The SMILES string of the molecule is CCC1CC(C)C2(NC1=O)OC(CC(O)C(C)CC/C=C/C=C(\C)C1C/C=C/C=C/C(O)C(C)CC(CCC(C)=O)C(=O)NC(C(C)C)C(=O)NC(Cc3cccc(O)c3)C(=O)N3CCCC(N3)C(=O)O1)C(C)C(O)C2C. The average molecular weight is 1070 g/mol. The molecule has 428 valence electrons. The molecule has 8 N–H and O–H groups in total. The molecule has 1 aromatic carbocycles. The number of carbonyl (C=O) groups is 6. The van der Waals surface area contributed by atoms with Crippen molar-refractivity contribution in [3.63, 3.8) is 0 Å². The van der Waals surface area contributed by atoms with E-state index < -0.39 is 95.8 Å². The number of carbonyl (C=O) groups excluding carboxylic acids is 6. The predicted octanol–water partition coefficient (Wildman–Crippen LogP) is 6.44. The van der Waals surface area contributed by atoms with Gasteiger partial charge < -0.3 is 50.6 Å². The Balaban J connectivity index is 1.33. The van der Waals surface area contributed by atoms with E-state index in [1.807, 2.05) is 65.8 Å². The number of benzene rings is 1. The van der Waals surface area contributed by atoms with Crippen molar-refractivity contribution in [3.8, 4) is 5.75 Å². The summed E-state index contributed by atoms with van der Waals surface area (Å²) in [4.78, 5) is 82.1. The fourth-order valence-electron chi connectivity index (χ4n) is 11.3. The van der Waals surface area contributed by atoms with Gasteiger partial charge in [0.25, 0.3) is 5.91 Å². The minimum absolute atomic E-state index is 0.0127. The minimum Gasteiger partial charge on any atom is -0.508 e. The zero-order valence-corrected chi connectivity index (χ0v) is 47.3. The van der Waals surface area contributed by atoms with E-state index in [2.05, 4.69) is 28.3 Å². The number of aliphatic hydroxyl groups is 3. The maximum Gasteiger partial charge on any atom is 0.325 e. The number of amides is 4. The first-order valence-electron chi connectivity index (χ1n) is 28.3. The van der Waals surface area contributed by atoms with E-state index in [9.17, 15) is 49.2 Å². The second kappa shape index (κ2) is 29.1. The smallest absolute Gasteiger partial charge is 0.325 e. The maximum absolute atomic E-state index is 14.5. The van der Waals surface area contributed by atoms with Crippen LogP contribution in [-0.4, -0.2) is 122 Å². The lowest BCUT2D eigenvalue weighted by molar-refractivity contribution is -0.267. The van der Waals surface area contributed by atoms with E-state index in [1.54, 1.807) is 44.2 Å². The normalized spacial score (nSPS) is 34.3. The number of nitrogens with zero attached hydrogens (tertiary/aromatic N) is 1. The highest BCUT2D eigenvalue weighted by Crippen LogP contribution is 2.46. The Morgan fingerprint density at radius 3 is 2.39 bits per heavy atom. The van der Waals surface area contributed by atoms with Gasteiger partial charge in [0.15, 0.2) is 0 Å². The van der Waals surface area contributed by atoms with Crippen LogP contribution in [0.25, 0.3) is 0 Å². The first kappa shape index (κ1) is 62.6. The van der Waals surface area contributed by atoms with E-state index in [0.717, 1.165) is 12.0 Å². The third kappa shape index (κ3) is 17.1. The van der Waals surface area contributed by atoms with Gasteiger partial charge in [0.1, 0.15) is 41.5 Å². The number of piperidine rings is 1. The van der Waals surface area contributed by atoms with Crippen LogP contribution < -0.4 is 21.4 Å². The Morgan fingerprint density at radius 2 is 1.70 bits per heavy atom. The maximum atomic E-state index is 14.5. The van der Waals surface area contributed by atoms with Gasteiger partial charge in [0.05, 0.1) is 24.4 Å². The number of hydrogen-bond donors (Lipinski definition) is 8. The minimum atomic E-state index is -1.18. The second-order valence-electron chi connectivity index (χ2n) is 23.1. The topological polar surface area (TPSA) is 253 Å². The lowest BCUT2D eigenvalue weighted by Crippen LogP contribution is -2.71. The fraction of sp³-hybridized carbons (Fsp3) is 0.667. The molecular formula is C60H91N5O12. The Bertz CT molecular complexity index is 2300. The molecule has 0 aromatic heterocycles. The van der Waals surface area contributed by atoms with Crippen molar-refractivity contribution in [1.82, 2.24) is 26.4 Å². The number of ketones is 1. The number of phenols is 1. The van der Waals surface area contributed by atoms with E-state index in [0.29, 0.717) is 44.1 Å². The van der Waals surface area contributed by atoms with Crippen LogP contribution in [0.15, 0.2) is 72.4 Å². The summed E-state index contributed by atoms with van der Waals surface area (Å²) in [6.07, 6.45) is 13.7. The van der Waals surface area contributed by atoms with Crippen LogP contribution in [0.5, 0.6) is 5.75 Å². The van der Waals surface area contributed by atoms with Crippen LogP contribution in [0.2, 0.25) is 0 Å².